The number of anilines is 1. The number of benzene rings is 1. The summed E-state index contributed by atoms with van der Waals surface area (Å²) in [5, 5.41) is 17.7. The number of hydrogen-bond donors (Lipinski definition) is 2. The monoisotopic (exact) mass is 282 g/mol. The van der Waals surface area contributed by atoms with E-state index in [1.165, 1.54) is 13.0 Å². The Morgan fingerprint density at radius 1 is 1.38 bits per heavy atom. The Morgan fingerprint density at radius 2 is 2.05 bits per heavy atom. The topological polar surface area (TPSA) is 98.6 Å². The minimum absolute atomic E-state index is 0.245. The van der Waals surface area contributed by atoms with Crippen LogP contribution in [0.15, 0.2) is 35.1 Å². The largest absolute Gasteiger partial charge is 0.325 e. The van der Waals surface area contributed by atoms with Crippen molar-refractivity contribution in [2.24, 2.45) is 5.92 Å². The van der Waals surface area contributed by atoms with E-state index in [1.807, 2.05) is 13.0 Å². The molecule has 21 heavy (non-hydrogen) atoms. The van der Waals surface area contributed by atoms with Gasteiger partial charge in [-0.2, -0.15) is 10.4 Å². The zero-order valence-corrected chi connectivity index (χ0v) is 11.7. The molecule has 2 rings (SSSR count). The minimum Gasteiger partial charge on any atom is -0.325 e. The van der Waals surface area contributed by atoms with E-state index >= 15 is 0 Å². The summed E-state index contributed by atoms with van der Waals surface area (Å²) in [7, 11) is 0. The van der Waals surface area contributed by atoms with Gasteiger partial charge in [0.1, 0.15) is 5.92 Å². The van der Waals surface area contributed by atoms with Crippen LogP contribution >= 0.6 is 0 Å². The van der Waals surface area contributed by atoms with E-state index in [-0.39, 0.29) is 11.5 Å². The maximum atomic E-state index is 11.6. The fraction of sp³-hybridized carbons (Fsp3) is 0.200. The minimum atomic E-state index is -0.701. The molecule has 2 aromatic rings. The Hall–Kier alpha value is -2.94. The van der Waals surface area contributed by atoms with E-state index in [2.05, 4.69) is 15.5 Å². The van der Waals surface area contributed by atoms with Crippen molar-refractivity contribution in [2.75, 3.05) is 5.32 Å². The van der Waals surface area contributed by atoms with Crippen LogP contribution in [-0.2, 0) is 4.79 Å². The summed E-state index contributed by atoms with van der Waals surface area (Å²) in [4.78, 5) is 22.8. The van der Waals surface area contributed by atoms with Gasteiger partial charge in [-0.3, -0.25) is 9.59 Å². The lowest BCUT2D eigenvalue weighted by molar-refractivity contribution is -0.117. The molecular formula is C15H14N4O2. The zero-order chi connectivity index (χ0) is 15.4. The van der Waals surface area contributed by atoms with Crippen molar-refractivity contribution in [3.8, 4) is 17.3 Å². The third-order valence-electron chi connectivity index (χ3n) is 3.01. The molecule has 0 aliphatic rings. The number of hydrogen-bond acceptors (Lipinski definition) is 4. The lowest BCUT2D eigenvalue weighted by Gasteiger charge is -2.08. The van der Waals surface area contributed by atoms with Crippen LogP contribution in [0.2, 0.25) is 0 Å². The summed E-state index contributed by atoms with van der Waals surface area (Å²) in [6.45, 7) is 3.35. The molecule has 1 amide bonds. The first-order chi connectivity index (χ1) is 10.0. The molecule has 0 spiro atoms. The maximum absolute atomic E-state index is 11.6. The van der Waals surface area contributed by atoms with Crippen molar-refractivity contribution in [1.82, 2.24) is 10.2 Å². The quantitative estimate of drug-likeness (QED) is 0.897. The zero-order valence-electron chi connectivity index (χ0n) is 11.7. The highest BCUT2D eigenvalue weighted by atomic mass is 16.1. The molecule has 1 aromatic heterocycles. The van der Waals surface area contributed by atoms with Crippen molar-refractivity contribution >= 4 is 11.6 Å². The first-order valence-electron chi connectivity index (χ1n) is 6.38. The Kier molecular flexibility index (Phi) is 4.14. The second kappa shape index (κ2) is 6.01. The highest BCUT2D eigenvalue weighted by Crippen LogP contribution is 2.21. The summed E-state index contributed by atoms with van der Waals surface area (Å²) in [5.41, 5.74) is 2.64. The number of aromatic amines is 1. The predicted octanol–water partition coefficient (Wildman–Crippen LogP) is 1.84. The highest BCUT2D eigenvalue weighted by Gasteiger charge is 2.11. The first-order valence-corrected chi connectivity index (χ1v) is 6.38. The van der Waals surface area contributed by atoms with E-state index in [1.54, 1.807) is 24.3 Å². The number of aryl methyl sites for hydroxylation is 1. The normalized spacial score (nSPS) is 11.5. The third-order valence-corrected chi connectivity index (χ3v) is 3.01. The van der Waals surface area contributed by atoms with Crippen LogP contribution in [0.5, 0.6) is 0 Å². The lowest BCUT2D eigenvalue weighted by atomic mass is 10.1. The van der Waals surface area contributed by atoms with Crippen LogP contribution in [0.25, 0.3) is 11.3 Å². The summed E-state index contributed by atoms with van der Waals surface area (Å²) < 4.78 is 0. The molecule has 1 aromatic carbocycles. The van der Waals surface area contributed by atoms with Gasteiger partial charge in [0.15, 0.2) is 0 Å². The van der Waals surface area contributed by atoms with Gasteiger partial charge in [-0.25, -0.2) is 5.10 Å². The standard InChI is InChI=1S/C15H14N4O2/c1-9-7-13(20)18-19-14(9)11-3-5-12(6-4-11)17-15(21)10(2)8-16/h3-7,10H,1-2H3,(H,17,21)(H,18,20). The number of amides is 1. The average molecular weight is 282 g/mol. The summed E-state index contributed by atoms with van der Waals surface area (Å²) in [6.07, 6.45) is 0. The van der Waals surface area contributed by atoms with Crippen molar-refractivity contribution in [3.63, 3.8) is 0 Å². The smallest absolute Gasteiger partial charge is 0.264 e. The van der Waals surface area contributed by atoms with Crippen LogP contribution in [0.4, 0.5) is 5.69 Å². The highest BCUT2D eigenvalue weighted by molar-refractivity contribution is 5.94. The van der Waals surface area contributed by atoms with E-state index in [0.29, 0.717) is 11.4 Å². The molecule has 0 aliphatic heterocycles. The molecule has 1 atom stereocenters. The van der Waals surface area contributed by atoms with Gasteiger partial charge in [-0.05, 0) is 31.5 Å². The summed E-state index contributed by atoms with van der Waals surface area (Å²) in [5.74, 6) is -1.05. The van der Waals surface area contributed by atoms with Crippen LogP contribution in [0.1, 0.15) is 12.5 Å². The number of nitrogens with one attached hydrogen (secondary N) is 2. The van der Waals surface area contributed by atoms with Crippen LogP contribution in [0, 0.1) is 24.2 Å². The number of rotatable bonds is 3. The number of nitriles is 1. The van der Waals surface area contributed by atoms with Gasteiger partial charge in [0, 0.05) is 17.3 Å². The van der Waals surface area contributed by atoms with Gasteiger partial charge in [0.2, 0.25) is 5.91 Å². The fourth-order valence-corrected chi connectivity index (χ4v) is 1.81. The van der Waals surface area contributed by atoms with Crippen LogP contribution in [0.3, 0.4) is 0 Å². The molecule has 6 nitrogen and oxygen atoms in total. The molecule has 0 bridgehead atoms. The van der Waals surface area contributed by atoms with Gasteiger partial charge < -0.3 is 5.32 Å². The van der Waals surface area contributed by atoms with E-state index in [4.69, 9.17) is 5.26 Å². The molecule has 0 saturated heterocycles. The molecule has 0 fully saturated rings. The molecular weight excluding hydrogens is 268 g/mol. The average Bonchev–Trinajstić information content (AvgIpc) is 2.47. The van der Waals surface area contributed by atoms with Crippen LogP contribution in [-0.4, -0.2) is 16.1 Å². The Bertz CT molecular complexity index is 756. The van der Waals surface area contributed by atoms with Crippen molar-refractivity contribution in [1.29, 1.82) is 5.26 Å². The van der Waals surface area contributed by atoms with E-state index in [9.17, 15) is 9.59 Å². The van der Waals surface area contributed by atoms with Gasteiger partial charge in [0.05, 0.1) is 11.8 Å². The number of nitrogens with zero attached hydrogens (tertiary/aromatic N) is 2. The van der Waals surface area contributed by atoms with Gasteiger partial charge in [0.25, 0.3) is 5.56 Å². The van der Waals surface area contributed by atoms with Crippen molar-refractivity contribution in [3.05, 3.63) is 46.2 Å². The second-order valence-corrected chi connectivity index (χ2v) is 4.68. The molecule has 0 radical (unpaired) electrons. The molecule has 106 valence electrons. The number of carbonyl (C=O) groups excluding carboxylic acids is 1. The molecule has 6 heteroatoms. The van der Waals surface area contributed by atoms with Gasteiger partial charge in [-0.15, -0.1) is 0 Å². The van der Waals surface area contributed by atoms with E-state index in [0.717, 1.165) is 11.1 Å². The van der Waals surface area contributed by atoms with Gasteiger partial charge in [-0.1, -0.05) is 12.1 Å². The third kappa shape index (κ3) is 3.34. The number of H-pyrrole nitrogens is 1. The number of aromatic nitrogens is 2. The van der Waals surface area contributed by atoms with Crippen molar-refractivity contribution < 1.29 is 4.79 Å². The predicted molar refractivity (Wildman–Crippen MR) is 78.4 cm³/mol. The van der Waals surface area contributed by atoms with Crippen molar-refractivity contribution in [2.45, 2.75) is 13.8 Å². The molecule has 2 N–H and O–H groups in total. The summed E-state index contributed by atoms with van der Waals surface area (Å²) in [6, 6.07) is 10.4. The van der Waals surface area contributed by atoms with Gasteiger partial charge >= 0.3 is 0 Å². The SMILES string of the molecule is Cc1cc(=O)[nH]nc1-c1ccc(NC(=O)C(C)C#N)cc1. The Balaban J connectivity index is 2.21. The van der Waals surface area contributed by atoms with E-state index < -0.39 is 5.92 Å². The molecule has 0 aliphatic carbocycles. The Morgan fingerprint density at radius 3 is 2.62 bits per heavy atom. The molecule has 1 unspecified atom stereocenters. The summed E-state index contributed by atoms with van der Waals surface area (Å²) >= 11 is 0. The lowest BCUT2D eigenvalue weighted by Crippen LogP contribution is -2.18. The molecule has 1 heterocycles. The maximum Gasteiger partial charge on any atom is 0.264 e. The second-order valence-electron chi connectivity index (χ2n) is 4.68. The fourth-order valence-electron chi connectivity index (χ4n) is 1.81. The first kappa shape index (κ1) is 14.5. The number of carbonyl (C=O) groups is 1. The molecule has 0 saturated carbocycles. The Labute approximate surface area is 121 Å². The van der Waals surface area contributed by atoms with Crippen LogP contribution < -0.4 is 10.9 Å².